The van der Waals surface area contributed by atoms with E-state index in [0.717, 1.165) is 17.9 Å². The molecule has 0 aromatic carbocycles. The number of carbonyl (C=O) groups is 1. The molecule has 1 saturated carbocycles. The molecule has 4 nitrogen and oxygen atoms in total. The van der Waals surface area contributed by atoms with Gasteiger partial charge in [0.1, 0.15) is 0 Å². The minimum atomic E-state index is -0.540. The molecule has 0 saturated heterocycles. The second-order valence-electron chi connectivity index (χ2n) is 3.38. The van der Waals surface area contributed by atoms with E-state index in [1.165, 1.54) is 11.8 Å². The largest absolute Gasteiger partial charge is 0.488 e. The third-order valence-corrected chi connectivity index (χ3v) is 2.74. The van der Waals surface area contributed by atoms with Crippen LogP contribution in [0.1, 0.15) is 23.3 Å². The van der Waals surface area contributed by atoms with E-state index in [4.69, 9.17) is 10.5 Å². The van der Waals surface area contributed by atoms with Gasteiger partial charge in [0, 0.05) is 0 Å². The molecule has 0 spiro atoms. The van der Waals surface area contributed by atoms with Crippen molar-refractivity contribution in [1.82, 2.24) is 4.98 Å². The molecule has 0 radical (unpaired) electrons. The van der Waals surface area contributed by atoms with Crippen LogP contribution in [0.4, 0.5) is 0 Å². The minimum absolute atomic E-state index is 0.230. The zero-order valence-electron chi connectivity index (χ0n) is 8.40. The molecule has 0 atom stereocenters. The van der Waals surface area contributed by atoms with Crippen molar-refractivity contribution in [3.05, 3.63) is 17.8 Å². The number of primary amides is 1. The standard InChI is InChI=1S/C10H12N2O2S/c1-15-8-5-4-7(14-6-2-3-6)9(12-8)10(11)13/h4-6H,2-3H2,1H3,(H2,11,13). The number of nitrogens with zero attached hydrogens (tertiary/aromatic N) is 1. The van der Waals surface area contributed by atoms with Gasteiger partial charge in [0.25, 0.3) is 5.91 Å². The van der Waals surface area contributed by atoms with Crippen molar-refractivity contribution in [2.45, 2.75) is 24.0 Å². The van der Waals surface area contributed by atoms with Crippen LogP contribution in [-0.4, -0.2) is 23.3 Å². The molecule has 0 unspecified atom stereocenters. The van der Waals surface area contributed by atoms with Crippen LogP contribution in [0.15, 0.2) is 17.2 Å². The Bertz CT molecular complexity index is 391. The van der Waals surface area contributed by atoms with E-state index in [2.05, 4.69) is 4.98 Å². The average Bonchev–Trinajstić information content (AvgIpc) is 3.02. The maximum atomic E-state index is 11.2. The summed E-state index contributed by atoms with van der Waals surface area (Å²) in [5, 5.41) is 0.770. The lowest BCUT2D eigenvalue weighted by Gasteiger charge is -2.08. The number of ether oxygens (including phenoxy) is 1. The summed E-state index contributed by atoms with van der Waals surface area (Å²) in [6, 6.07) is 3.59. The van der Waals surface area contributed by atoms with E-state index in [1.807, 2.05) is 12.3 Å². The summed E-state index contributed by atoms with van der Waals surface area (Å²) in [7, 11) is 0. The van der Waals surface area contributed by atoms with Crippen LogP contribution in [-0.2, 0) is 0 Å². The Kier molecular flexibility index (Phi) is 2.81. The number of hydrogen-bond acceptors (Lipinski definition) is 4. The van der Waals surface area contributed by atoms with Crippen LogP contribution in [0.25, 0.3) is 0 Å². The van der Waals surface area contributed by atoms with E-state index < -0.39 is 5.91 Å². The Hall–Kier alpha value is -1.23. The summed E-state index contributed by atoms with van der Waals surface area (Å²) < 4.78 is 5.54. The average molecular weight is 224 g/mol. The van der Waals surface area contributed by atoms with Gasteiger partial charge in [-0.25, -0.2) is 4.98 Å². The van der Waals surface area contributed by atoms with Crippen LogP contribution in [0, 0.1) is 0 Å². The topological polar surface area (TPSA) is 65.2 Å². The van der Waals surface area contributed by atoms with Gasteiger partial charge in [0.2, 0.25) is 0 Å². The van der Waals surface area contributed by atoms with Crippen LogP contribution in [0.2, 0.25) is 0 Å². The summed E-state index contributed by atoms with van der Waals surface area (Å²) >= 11 is 1.47. The highest BCUT2D eigenvalue weighted by Gasteiger charge is 2.25. The fourth-order valence-corrected chi connectivity index (χ4v) is 1.57. The molecule has 80 valence electrons. The minimum Gasteiger partial charge on any atom is -0.488 e. The monoisotopic (exact) mass is 224 g/mol. The highest BCUT2D eigenvalue weighted by molar-refractivity contribution is 7.98. The summed E-state index contributed by atoms with van der Waals surface area (Å²) in [6.07, 6.45) is 4.23. The molecule has 1 fully saturated rings. The van der Waals surface area contributed by atoms with Crippen molar-refractivity contribution < 1.29 is 9.53 Å². The molecule has 1 amide bonds. The van der Waals surface area contributed by atoms with Crippen molar-refractivity contribution in [3.63, 3.8) is 0 Å². The smallest absolute Gasteiger partial charge is 0.271 e. The Morgan fingerprint density at radius 2 is 2.33 bits per heavy atom. The second kappa shape index (κ2) is 4.10. The maximum absolute atomic E-state index is 11.2. The zero-order chi connectivity index (χ0) is 10.8. The van der Waals surface area contributed by atoms with E-state index in [1.54, 1.807) is 6.07 Å². The molecule has 15 heavy (non-hydrogen) atoms. The first-order chi connectivity index (χ1) is 7.20. The fraction of sp³-hybridized carbons (Fsp3) is 0.400. The van der Waals surface area contributed by atoms with E-state index in [0.29, 0.717) is 5.75 Å². The molecule has 1 heterocycles. The molecule has 1 aromatic heterocycles. The highest BCUT2D eigenvalue weighted by atomic mass is 32.2. The molecule has 1 aliphatic rings. The highest BCUT2D eigenvalue weighted by Crippen LogP contribution is 2.29. The molecule has 1 aromatic rings. The number of thioether (sulfide) groups is 1. The van der Waals surface area contributed by atoms with Gasteiger partial charge in [-0.1, -0.05) is 0 Å². The summed E-state index contributed by atoms with van der Waals surface area (Å²) in [4.78, 5) is 15.3. The first kappa shape index (κ1) is 10.3. The van der Waals surface area contributed by atoms with Gasteiger partial charge in [-0.15, -0.1) is 11.8 Å². The molecule has 5 heteroatoms. The number of nitrogens with two attached hydrogens (primary N) is 1. The molecular formula is C10H12N2O2S. The summed E-state index contributed by atoms with van der Waals surface area (Å²) in [6.45, 7) is 0. The normalized spacial score (nSPS) is 15.0. The Morgan fingerprint density at radius 1 is 1.60 bits per heavy atom. The number of aromatic nitrogens is 1. The predicted molar refractivity (Wildman–Crippen MR) is 58.2 cm³/mol. The molecule has 1 aliphatic carbocycles. The Morgan fingerprint density at radius 3 is 2.87 bits per heavy atom. The van der Waals surface area contributed by atoms with Gasteiger partial charge < -0.3 is 10.5 Å². The lowest BCUT2D eigenvalue weighted by atomic mass is 10.3. The molecular weight excluding hydrogens is 212 g/mol. The number of hydrogen-bond donors (Lipinski definition) is 1. The quantitative estimate of drug-likeness (QED) is 0.786. The summed E-state index contributed by atoms with van der Waals surface area (Å²) in [5.74, 6) is -0.0376. The second-order valence-corrected chi connectivity index (χ2v) is 4.21. The van der Waals surface area contributed by atoms with E-state index in [9.17, 15) is 4.79 Å². The van der Waals surface area contributed by atoms with Crippen molar-refractivity contribution in [2.24, 2.45) is 5.73 Å². The maximum Gasteiger partial charge on any atom is 0.271 e. The van der Waals surface area contributed by atoms with E-state index >= 15 is 0 Å². The lowest BCUT2D eigenvalue weighted by Crippen LogP contribution is -2.16. The number of amides is 1. The molecule has 2 N–H and O–H groups in total. The number of rotatable bonds is 4. The number of pyridine rings is 1. The lowest BCUT2D eigenvalue weighted by molar-refractivity contribution is 0.0990. The number of carbonyl (C=O) groups excluding carboxylic acids is 1. The van der Waals surface area contributed by atoms with Gasteiger partial charge in [0.15, 0.2) is 11.4 Å². The molecule has 2 rings (SSSR count). The van der Waals surface area contributed by atoms with Crippen molar-refractivity contribution >= 4 is 17.7 Å². The van der Waals surface area contributed by atoms with Gasteiger partial charge in [-0.3, -0.25) is 4.79 Å². The fourth-order valence-electron chi connectivity index (χ4n) is 1.18. The van der Waals surface area contributed by atoms with Gasteiger partial charge in [0.05, 0.1) is 11.1 Å². The zero-order valence-corrected chi connectivity index (χ0v) is 9.21. The van der Waals surface area contributed by atoms with Crippen LogP contribution in [0.3, 0.4) is 0 Å². The Labute approximate surface area is 92.2 Å². The van der Waals surface area contributed by atoms with Crippen LogP contribution in [0.5, 0.6) is 5.75 Å². The Balaban J connectivity index is 2.29. The first-order valence-electron chi connectivity index (χ1n) is 4.72. The van der Waals surface area contributed by atoms with Crippen LogP contribution < -0.4 is 10.5 Å². The van der Waals surface area contributed by atoms with Crippen molar-refractivity contribution in [1.29, 1.82) is 0 Å². The van der Waals surface area contributed by atoms with Crippen LogP contribution >= 0.6 is 11.8 Å². The van der Waals surface area contributed by atoms with Gasteiger partial charge >= 0.3 is 0 Å². The molecule has 0 bridgehead atoms. The van der Waals surface area contributed by atoms with Crippen molar-refractivity contribution in [3.8, 4) is 5.75 Å². The predicted octanol–water partition coefficient (Wildman–Crippen LogP) is 1.44. The third-order valence-electron chi connectivity index (χ3n) is 2.09. The van der Waals surface area contributed by atoms with Crippen molar-refractivity contribution in [2.75, 3.05) is 6.26 Å². The van der Waals surface area contributed by atoms with E-state index in [-0.39, 0.29) is 11.8 Å². The summed E-state index contributed by atoms with van der Waals surface area (Å²) in [5.41, 5.74) is 5.47. The first-order valence-corrected chi connectivity index (χ1v) is 5.94. The van der Waals surface area contributed by atoms with Gasteiger partial charge in [-0.05, 0) is 31.2 Å². The van der Waals surface area contributed by atoms with Gasteiger partial charge in [-0.2, -0.15) is 0 Å². The molecule has 0 aliphatic heterocycles. The third kappa shape index (κ3) is 2.41. The SMILES string of the molecule is CSc1ccc(OC2CC2)c(C(N)=O)n1.